The zero-order chi connectivity index (χ0) is 14.3. The second kappa shape index (κ2) is 4.50. The maximum atomic E-state index is 13.1. The molecule has 5 heteroatoms. The van der Waals surface area contributed by atoms with Gasteiger partial charge >= 0.3 is 6.18 Å². The van der Waals surface area contributed by atoms with Crippen molar-refractivity contribution in [2.75, 3.05) is 0 Å². The zero-order valence-corrected chi connectivity index (χ0v) is 10.8. The second-order valence-electron chi connectivity index (χ2n) is 4.20. The molecule has 1 aromatic carbocycles. The van der Waals surface area contributed by atoms with Gasteiger partial charge in [0.15, 0.2) is 0 Å². The lowest BCUT2D eigenvalue weighted by Crippen LogP contribution is -2.49. The van der Waals surface area contributed by atoms with Gasteiger partial charge in [0.1, 0.15) is 5.75 Å². The highest BCUT2D eigenvalue weighted by Gasteiger charge is 2.55. The maximum absolute atomic E-state index is 13.1. The third-order valence-electron chi connectivity index (χ3n) is 3.06. The van der Waals surface area contributed by atoms with Gasteiger partial charge < -0.3 is 4.74 Å². The van der Waals surface area contributed by atoms with Crippen molar-refractivity contribution in [1.82, 2.24) is 0 Å². The molecule has 2 rings (SSSR count). The van der Waals surface area contributed by atoms with Crippen molar-refractivity contribution in [2.45, 2.75) is 25.1 Å². The number of hydrogen-bond acceptors (Lipinski definition) is 1. The van der Waals surface area contributed by atoms with Crippen LogP contribution in [0.3, 0.4) is 0 Å². The minimum Gasteiger partial charge on any atom is -0.471 e. The van der Waals surface area contributed by atoms with Crippen LogP contribution in [0.15, 0.2) is 18.2 Å². The fourth-order valence-corrected chi connectivity index (χ4v) is 2.18. The topological polar surface area (TPSA) is 9.23 Å². The molecule has 0 bridgehead atoms. The molecule has 0 spiro atoms. The molecule has 1 atom stereocenters. The van der Waals surface area contributed by atoms with Gasteiger partial charge in [0.05, 0.1) is 5.02 Å². The average molecular weight is 287 g/mol. The van der Waals surface area contributed by atoms with E-state index in [1.165, 1.54) is 19.1 Å². The van der Waals surface area contributed by atoms with Gasteiger partial charge in [-0.2, -0.15) is 13.2 Å². The highest BCUT2D eigenvalue weighted by atomic mass is 35.5. The normalized spacial score (nSPS) is 21.5. The minimum absolute atomic E-state index is 0.0161. The molecule has 0 radical (unpaired) electrons. The molecule has 1 aromatic rings. The van der Waals surface area contributed by atoms with Gasteiger partial charge in [-0.15, -0.1) is 6.42 Å². The molecule has 0 aromatic heterocycles. The Kier molecular flexibility index (Phi) is 3.27. The highest BCUT2D eigenvalue weighted by molar-refractivity contribution is 6.32. The summed E-state index contributed by atoms with van der Waals surface area (Å²) in [5.74, 6) is 2.40. The smallest absolute Gasteiger partial charge is 0.432 e. The van der Waals surface area contributed by atoms with Crippen molar-refractivity contribution in [3.63, 3.8) is 0 Å². The van der Waals surface area contributed by atoms with E-state index in [9.17, 15) is 13.2 Å². The summed E-state index contributed by atoms with van der Waals surface area (Å²) in [6, 6.07) is 2.98. The summed E-state index contributed by atoms with van der Waals surface area (Å²) in [6.45, 7) is 1.41. The number of fused-ring (bicyclic) bond motifs is 1. The molecular weight excluding hydrogens is 277 g/mol. The molecular formula is C14H10ClF3O. The van der Waals surface area contributed by atoms with Gasteiger partial charge in [0.25, 0.3) is 0 Å². The van der Waals surface area contributed by atoms with Crippen LogP contribution in [0.5, 0.6) is 5.75 Å². The SMILES string of the molecule is C#Cc1cc(Cl)c2c(c1)C=CC(CC)(C(F)(F)F)O2. The Morgan fingerprint density at radius 3 is 2.63 bits per heavy atom. The predicted molar refractivity (Wildman–Crippen MR) is 68.1 cm³/mol. The van der Waals surface area contributed by atoms with Gasteiger partial charge in [0.2, 0.25) is 5.60 Å². The van der Waals surface area contributed by atoms with Crippen LogP contribution in [0.1, 0.15) is 24.5 Å². The molecule has 0 N–H and O–H groups in total. The zero-order valence-electron chi connectivity index (χ0n) is 10.0. The molecule has 0 aliphatic carbocycles. The Morgan fingerprint density at radius 2 is 2.11 bits per heavy atom. The lowest BCUT2D eigenvalue weighted by atomic mass is 9.94. The lowest BCUT2D eigenvalue weighted by Gasteiger charge is -2.36. The summed E-state index contributed by atoms with van der Waals surface area (Å²) < 4.78 is 44.5. The van der Waals surface area contributed by atoms with Crippen LogP contribution in [0.4, 0.5) is 13.2 Å². The van der Waals surface area contributed by atoms with Gasteiger partial charge in [-0.3, -0.25) is 0 Å². The van der Waals surface area contributed by atoms with E-state index >= 15 is 0 Å². The van der Waals surface area contributed by atoms with Gasteiger partial charge in [-0.1, -0.05) is 30.5 Å². The largest absolute Gasteiger partial charge is 0.471 e. The Hall–Kier alpha value is -1.60. The van der Waals surface area contributed by atoms with Crippen LogP contribution < -0.4 is 4.74 Å². The minimum atomic E-state index is -4.51. The molecule has 100 valence electrons. The first-order valence-corrected chi connectivity index (χ1v) is 5.96. The van der Waals surface area contributed by atoms with Gasteiger partial charge in [-0.05, 0) is 24.6 Å². The third-order valence-corrected chi connectivity index (χ3v) is 3.34. The average Bonchev–Trinajstić information content (AvgIpc) is 2.36. The summed E-state index contributed by atoms with van der Waals surface area (Å²) in [6.07, 6.45) is 2.86. The first-order valence-electron chi connectivity index (χ1n) is 5.58. The van der Waals surface area contributed by atoms with Crippen molar-refractivity contribution in [3.05, 3.63) is 34.4 Å². The number of benzene rings is 1. The molecule has 1 aliphatic heterocycles. The van der Waals surface area contributed by atoms with Gasteiger partial charge in [-0.25, -0.2) is 0 Å². The van der Waals surface area contributed by atoms with Crippen molar-refractivity contribution < 1.29 is 17.9 Å². The molecule has 1 unspecified atom stereocenters. The number of alkyl halides is 3. The molecule has 19 heavy (non-hydrogen) atoms. The fraction of sp³-hybridized carbons (Fsp3) is 0.286. The second-order valence-corrected chi connectivity index (χ2v) is 4.60. The van der Waals surface area contributed by atoms with Crippen LogP contribution in [-0.2, 0) is 0 Å². The monoisotopic (exact) mass is 286 g/mol. The fourth-order valence-electron chi connectivity index (χ4n) is 1.91. The van der Waals surface area contributed by atoms with E-state index in [-0.39, 0.29) is 17.2 Å². The summed E-state index contributed by atoms with van der Waals surface area (Å²) in [5.41, 5.74) is -1.39. The molecule has 1 nitrogen and oxygen atoms in total. The molecule has 0 amide bonds. The predicted octanol–water partition coefficient (Wildman–Crippen LogP) is 4.44. The Bertz CT molecular complexity index is 584. The van der Waals surface area contributed by atoms with E-state index in [1.54, 1.807) is 6.07 Å². The number of hydrogen-bond donors (Lipinski definition) is 0. The quantitative estimate of drug-likeness (QED) is 0.694. The highest BCUT2D eigenvalue weighted by Crippen LogP contribution is 2.45. The number of terminal acetylenes is 1. The summed E-state index contributed by atoms with van der Waals surface area (Å²) in [4.78, 5) is 0. The van der Waals surface area contributed by atoms with Crippen molar-refractivity contribution in [1.29, 1.82) is 0 Å². The van der Waals surface area contributed by atoms with Crippen LogP contribution in [0.2, 0.25) is 5.02 Å². The number of ether oxygens (including phenoxy) is 1. The van der Waals surface area contributed by atoms with E-state index < -0.39 is 11.8 Å². The number of rotatable bonds is 1. The Morgan fingerprint density at radius 1 is 1.42 bits per heavy atom. The summed E-state index contributed by atoms with van der Waals surface area (Å²) in [5, 5.41) is 0.0804. The van der Waals surface area contributed by atoms with Crippen LogP contribution >= 0.6 is 11.6 Å². The van der Waals surface area contributed by atoms with Crippen molar-refractivity contribution in [2.24, 2.45) is 0 Å². The van der Waals surface area contributed by atoms with Crippen LogP contribution in [-0.4, -0.2) is 11.8 Å². The maximum Gasteiger partial charge on any atom is 0.432 e. The lowest BCUT2D eigenvalue weighted by molar-refractivity contribution is -0.230. The molecule has 0 saturated carbocycles. The van der Waals surface area contributed by atoms with E-state index in [0.29, 0.717) is 11.1 Å². The van der Waals surface area contributed by atoms with Crippen molar-refractivity contribution >= 4 is 17.7 Å². The summed E-state index contributed by atoms with van der Waals surface area (Å²) in [7, 11) is 0. The standard InChI is InChI=1S/C14H10ClF3O/c1-3-9-7-10-5-6-13(4-2,14(16,17)18)19-12(10)11(15)8-9/h1,5-8H,4H2,2H3. The first-order chi connectivity index (χ1) is 8.83. The molecule has 0 saturated heterocycles. The van der Waals surface area contributed by atoms with Gasteiger partial charge in [0, 0.05) is 11.1 Å². The summed E-state index contributed by atoms with van der Waals surface area (Å²) >= 11 is 5.94. The van der Waals surface area contributed by atoms with Crippen LogP contribution in [0.25, 0.3) is 6.08 Å². The van der Waals surface area contributed by atoms with E-state index in [2.05, 4.69) is 5.92 Å². The first kappa shape index (κ1) is 13.8. The molecule has 0 fully saturated rings. The molecule has 1 aliphatic rings. The van der Waals surface area contributed by atoms with E-state index in [1.807, 2.05) is 0 Å². The van der Waals surface area contributed by atoms with E-state index in [4.69, 9.17) is 22.8 Å². The van der Waals surface area contributed by atoms with Crippen molar-refractivity contribution in [3.8, 4) is 18.1 Å². The van der Waals surface area contributed by atoms with E-state index in [0.717, 1.165) is 6.08 Å². The molecule has 1 heterocycles. The Labute approximate surface area is 114 Å². The number of halogens is 4. The third kappa shape index (κ3) is 2.19. The Balaban J connectivity index is 2.55. The van der Waals surface area contributed by atoms with Crippen LogP contribution in [0, 0.1) is 12.3 Å².